The van der Waals surface area contributed by atoms with Crippen LogP contribution in [0.2, 0.25) is 0 Å². The molecule has 2 N–H and O–H groups in total. The number of aromatic hydroxyl groups is 1. The Morgan fingerprint density at radius 1 is 1.42 bits per heavy atom. The molecule has 1 atom stereocenters. The second-order valence-corrected chi connectivity index (χ2v) is 7.26. The molecule has 24 heavy (non-hydrogen) atoms. The Hall–Kier alpha value is -2.09. The van der Waals surface area contributed by atoms with E-state index in [0.717, 1.165) is 23.8 Å². The third kappa shape index (κ3) is 2.20. The number of hydrogen-bond acceptors (Lipinski definition) is 4. The number of aromatic nitrogens is 2. The van der Waals surface area contributed by atoms with E-state index in [1.807, 2.05) is 6.92 Å². The zero-order valence-electron chi connectivity index (χ0n) is 12.6. The summed E-state index contributed by atoms with van der Waals surface area (Å²) in [6.45, 7) is 1.92. The minimum absolute atomic E-state index is 0.0147. The van der Waals surface area contributed by atoms with Crippen molar-refractivity contribution in [1.82, 2.24) is 9.97 Å². The molecular formula is C16H13F3N2O2S. The van der Waals surface area contributed by atoms with Gasteiger partial charge in [-0.1, -0.05) is 6.92 Å². The molecule has 126 valence electrons. The minimum atomic E-state index is -4.56. The van der Waals surface area contributed by atoms with Gasteiger partial charge < -0.3 is 10.1 Å². The van der Waals surface area contributed by atoms with E-state index in [-0.39, 0.29) is 37.7 Å². The molecule has 3 aromatic heterocycles. The summed E-state index contributed by atoms with van der Waals surface area (Å²) >= 11 is 0.970. The molecule has 0 aliphatic heterocycles. The van der Waals surface area contributed by atoms with Crippen molar-refractivity contribution in [2.75, 3.05) is 0 Å². The zero-order valence-corrected chi connectivity index (χ0v) is 13.4. The number of hydrogen-bond donors (Lipinski definition) is 2. The van der Waals surface area contributed by atoms with Gasteiger partial charge in [0, 0.05) is 17.1 Å². The molecule has 0 spiro atoms. The van der Waals surface area contributed by atoms with Gasteiger partial charge in [0.25, 0.3) is 5.56 Å². The number of aromatic amines is 1. The molecule has 0 fully saturated rings. The Labute approximate surface area is 138 Å². The van der Waals surface area contributed by atoms with Crippen LogP contribution in [0.1, 0.15) is 30.2 Å². The third-order valence-electron chi connectivity index (χ3n) is 4.48. The van der Waals surface area contributed by atoms with E-state index in [1.165, 1.54) is 0 Å². The normalized spacial score (nSPS) is 18.2. The van der Waals surface area contributed by atoms with Crippen molar-refractivity contribution < 1.29 is 18.3 Å². The number of fused-ring (bicyclic) bond motifs is 4. The van der Waals surface area contributed by atoms with Crippen LogP contribution in [0.15, 0.2) is 10.9 Å². The number of nitrogens with one attached hydrogen (secondary N) is 1. The summed E-state index contributed by atoms with van der Waals surface area (Å²) in [5, 5.41) is 9.83. The first kappa shape index (κ1) is 15.4. The molecule has 0 saturated carbocycles. The van der Waals surface area contributed by atoms with Crippen LogP contribution >= 0.6 is 11.3 Å². The fourth-order valence-electron chi connectivity index (χ4n) is 3.44. The van der Waals surface area contributed by atoms with Crippen molar-refractivity contribution in [1.29, 1.82) is 0 Å². The molecule has 4 nitrogen and oxygen atoms in total. The molecule has 3 heterocycles. The molecule has 0 radical (unpaired) electrons. The summed E-state index contributed by atoms with van der Waals surface area (Å²) < 4.78 is 41.8. The molecule has 0 aromatic carbocycles. The first-order valence-electron chi connectivity index (χ1n) is 7.53. The number of nitrogens with zero attached hydrogens (tertiary/aromatic N) is 1. The fraction of sp³-hybridized carbons (Fsp3) is 0.375. The number of H-pyrrole nitrogens is 1. The van der Waals surface area contributed by atoms with Crippen molar-refractivity contribution in [3.8, 4) is 5.75 Å². The third-order valence-corrected chi connectivity index (χ3v) is 5.59. The Balaban J connectivity index is 2.23. The Morgan fingerprint density at radius 2 is 2.17 bits per heavy atom. The standard InChI is InChI=1S/C16H13F3N2O2S/c1-6-2-3-8-7(4-6)12(16(17,18)19)11-13-14(24-15(11)20-8)9(22)5-10(23)21-13/h5-6H,2-4H2,1H3,(H2,21,22,23). The molecule has 1 unspecified atom stereocenters. The lowest BCUT2D eigenvalue weighted by Gasteiger charge is -2.24. The van der Waals surface area contributed by atoms with Gasteiger partial charge in [-0.2, -0.15) is 13.2 Å². The van der Waals surface area contributed by atoms with Gasteiger partial charge in [0.15, 0.2) is 0 Å². The van der Waals surface area contributed by atoms with Gasteiger partial charge in [-0.15, -0.1) is 11.3 Å². The molecule has 3 aromatic rings. The van der Waals surface area contributed by atoms with E-state index in [4.69, 9.17) is 0 Å². The summed E-state index contributed by atoms with van der Waals surface area (Å²) in [5.74, 6) is -0.175. The Morgan fingerprint density at radius 3 is 2.88 bits per heavy atom. The lowest BCUT2D eigenvalue weighted by atomic mass is 9.84. The van der Waals surface area contributed by atoms with E-state index in [0.29, 0.717) is 18.5 Å². The maximum atomic E-state index is 13.9. The second-order valence-electron chi connectivity index (χ2n) is 6.26. The van der Waals surface area contributed by atoms with E-state index >= 15 is 0 Å². The van der Waals surface area contributed by atoms with Crippen LogP contribution < -0.4 is 5.56 Å². The molecule has 8 heteroatoms. The zero-order chi connectivity index (χ0) is 17.2. The van der Waals surface area contributed by atoms with E-state index in [2.05, 4.69) is 9.97 Å². The van der Waals surface area contributed by atoms with Crippen LogP contribution in [0.3, 0.4) is 0 Å². The summed E-state index contributed by atoms with van der Waals surface area (Å²) in [4.78, 5) is 18.7. The number of pyridine rings is 2. The van der Waals surface area contributed by atoms with Crippen LogP contribution in [-0.2, 0) is 19.0 Å². The van der Waals surface area contributed by atoms with E-state index in [9.17, 15) is 23.1 Å². The maximum absolute atomic E-state index is 13.9. The van der Waals surface area contributed by atoms with Gasteiger partial charge in [-0.25, -0.2) is 4.98 Å². The topological polar surface area (TPSA) is 66.0 Å². The average molecular weight is 354 g/mol. The first-order chi connectivity index (χ1) is 11.3. The molecular weight excluding hydrogens is 341 g/mol. The molecule has 0 amide bonds. The lowest BCUT2D eigenvalue weighted by molar-refractivity contribution is -0.137. The van der Waals surface area contributed by atoms with Crippen molar-refractivity contribution in [2.45, 2.75) is 32.4 Å². The predicted octanol–water partition coefficient (Wildman–Crippen LogP) is 3.99. The number of aryl methyl sites for hydroxylation is 1. The SMILES string of the molecule is CC1CCc2nc3sc4c(O)cc(=O)[nH]c4c3c(C(F)(F)F)c2C1. The van der Waals surface area contributed by atoms with Crippen LogP contribution in [0.4, 0.5) is 13.2 Å². The van der Waals surface area contributed by atoms with Gasteiger partial charge >= 0.3 is 6.18 Å². The maximum Gasteiger partial charge on any atom is 0.417 e. The fourth-order valence-corrected chi connectivity index (χ4v) is 4.51. The molecule has 0 saturated heterocycles. The number of thiophene rings is 1. The Kier molecular flexibility index (Phi) is 3.19. The van der Waals surface area contributed by atoms with Gasteiger partial charge in [0.05, 0.1) is 15.8 Å². The van der Waals surface area contributed by atoms with Gasteiger partial charge in [0.2, 0.25) is 0 Å². The predicted molar refractivity (Wildman–Crippen MR) is 85.6 cm³/mol. The summed E-state index contributed by atoms with van der Waals surface area (Å²) in [7, 11) is 0. The van der Waals surface area contributed by atoms with E-state index < -0.39 is 17.3 Å². The summed E-state index contributed by atoms with van der Waals surface area (Å²) in [5.41, 5.74) is -0.653. The van der Waals surface area contributed by atoms with Crippen LogP contribution in [-0.4, -0.2) is 15.1 Å². The molecule has 1 aliphatic rings. The quantitative estimate of drug-likeness (QED) is 0.642. The second kappa shape index (κ2) is 4.95. The monoisotopic (exact) mass is 354 g/mol. The molecule has 0 bridgehead atoms. The molecule has 1 aliphatic carbocycles. The van der Waals surface area contributed by atoms with Crippen molar-refractivity contribution in [2.24, 2.45) is 5.92 Å². The highest BCUT2D eigenvalue weighted by atomic mass is 32.1. The largest absolute Gasteiger partial charge is 0.506 e. The highest BCUT2D eigenvalue weighted by Crippen LogP contribution is 2.46. The van der Waals surface area contributed by atoms with Gasteiger partial charge in [0.1, 0.15) is 10.6 Å². The number of rotatable bonds is 0. The summed E-state index contributed by atoms with van der Waals surface area (Å²) in [6, 6.07) is 0.965. The summed E-state index contributed by atoms with van der Waals surface area (Å²) in [6.07, 6.45) is -2.94. The molecule has 4 rings (SSSR count). The lowest BCUT2D eigenvalue weighted by Crippen LogP contribution is -2.20. The average Bonchev–Trinajstić information content (AvgIpc) is 2.82. The Bertz CT molecular complexity index is 1040. The smallest absolute Gasteiger partial charge is 0.417 e. The van der Waals surface area contributed by atoms with Crippen molar-refractivity contribution in [3.63, 3.8) is 0 Å². The van der Waals surface area contributed by atoms with Gasteiger partial charge in [-0.05, 0) is 30.7 Å². The van der Waals surface area contributed by atoms with Gasteiger partial charge in [-0.3, -0.25) is 4.79 Å². The van der Waals surface area contributed by atoms with E-state index in [1.54, 1.807) is 0 Å². The van der Waals surface area contributed by atoms with Crippen LogP contribution in [0, 0.1) is 5.92 Å². The first-order valence-corrected chi connectivity index (χ1v) is 8.34. The van der Waals surface area contributed by atoms with Crippen LogP contribution in [0.5, 0.6) is 5.75 Å². The van der Waals surface area contributed by atoms with Crippen molar-refractivity contribution >= 4 is 31.8 Å². The number of halogens is 3. The highest BCUT2D eigenvalue weighted by molar-refractivity contribution is 7.25. The minimum Gasteiger partial charge on any atom is -0.506 e. The highest BCUT2D eigenvalue weighted by Gasteiger charge is 2.40. The van der Waals surface area contributed by atoms with Crippen molar-refractivity contribution in [3.05, 3.63) is 33.2 Å². The van der Waals surface area contributed by atoms with Crippen LogP contribution in [0.25, 0.3) is 20.4 Å². The number of alkyl halides is 3.